The lowest BCUT2D eigenvalue weighted by atomic mass is 10.0. The van der Waals surface area contributed by atoms with Crippen molar-refractivity contribution in [3.63, 3.8) is 0 Å². The van der Waals surface area contributed by atoms with Crippen molar-refractivity contribution >= 4 is 5.97 Å². The molecule has 3 heteroatoms. The maximum Gasteiger partial charge on any atom is 0.326 e. The summed E-state index contributed by atoms with van der Waals surface area (Å²) < 4.78 is 5.38. The van der Waals surface area contributed by atoms with Gasteiger partial charge in [0, 0.05) is 0 Å². The molecule has 15 heavy (non-hydrogen) atoms. The van der Waals surface area contributed by atoms with E-state index in [0.717, 1.165) is 13.0 Å². The SMILES string of the molecule is CCNC(C)(C)C(=O)OC(C)CC(C)C. The van der Waals surface area contributed by atoms with E-state index in [9.17, 15) is 4.79 Å². The van der Waals surface area contributed by atoms with Crippen LogP contribution < -0.4 is 5.32 Å². The molecule has 90 valence electrons. The third-order valence-electron chi connectivity index (χ3n) is 2.24. The monoisotopic (exact) mass is 215 g/mol. The van der Waals surface area contributed by atoms with Gasteiger partial charge in [-0.25, -0.2) is 0 Å². The number of hydrogen-bond acceptors (Lipinski definition) is 3. The maximum absolute atomic E-state index is 11.8. The minimum absolute atomic E-state index is 0.00423. The number of likely N-dealkylation sites (N-methyl/N-ethyl adjacent to an activating group) is 1. The van der Waals surface area contributed by atoms with Gasteiger partial charge in [0.25, 0.3) is 0 Å². The summed E-state index contributed by atoms with van der Waals surface area (Å²) in [6.45, 7) is 12.6. The molecule has 3 nitrogen and oxygen atoms in total. The fraction of sp³-hybridized carbons (Fsp3) is 0.917. The highest BCUT2D eigenvalue weighted by atomic mass is 16.5. The summed E-state index contributed by atoms with van der Waals surface area (Å²) in [5, 5.41) is 3.11. The molecule has 0 aliphatic rings. The molecule has 1 atom stereocenters. The van der Waals surface area contributed by atoms with Crippen LogP contribution in [0.5, 0.6) is 0 Å². The normalized spacial score (nSPS) is 14.1. The van der Waals surface area contributed by atoms with Gasteiger partial charge in [0.2, 0.25) is 0 Å². The van der Waals surface area contributed by atoms with Crippen LogP contribution in [0.3, 0.4) is 0 Å². The van der Waals surface area contributed by atoms with Gasteiger partial charge in [-0.15, -0.1) is 0 Å². The van der Waals surface area contributed by atoms with E-state index in [1.54, 1.807) is 0 Å². The van der Waals surface area contributed by atoms with Gasteiger partial charge < -0.3 is 10.1 Å². The first-order chi connectivity index (χ1) is 6.79. The molecule has 0 aromatic carbocycles. The topological polar surface area (TPSA) is 38.3 Å². The second-order valence-electron chi connectivity index (χ2n) is 5.00. The average molecular weight is 215 g/mol. The molecule has 0 fully saturated rings. The second-order valence-corrected chi connectivity index (χ2v) is 5.00. The summed E-state index contributed by atoms with van der Waals surface area (Å²) in [7, 11) is 0. The zero-order chi connectivity index (χ0) is 12.1. The number of ether oxygens (including phenoxy) is 1. The van der Waals surface area contributed by atoms with Crippen LogP contribution in [-0.4, -0.2) is 24.2 Å². The average Bonchev–Trinajstić information content (AvgIpc) is 2.01. The fourth-order valence-electron chi connectivity index (χ4n) is 1.56. The predicted molar refractivity (Wildman–Crippen MR) is 62.8 cm³/mol. The van der Waals surface area contributed by atoms with Gasteiger partial charge in [0.15, 0.2) is 0 Å². The molecular formula is C12H25NO2. The summed E-state index contributed by atoms with van der Waals surface area (Å²) in [6.07, 6.45) is 0.906. The van der Waals surface area contributed by atoms with E-state index < -0.39 is 5.54 Å². The van der Waals surface area contributed by atoms with Crippen molar-refractivity contribution in [2.45, 2.75) is 59.6 Å². The molecule has 0 rings (SSSR count). The van der Waals surface area contributed by atoms with Crippen molar-refractivity contribution in [1.29, 1.82) is 0 Å². The van der Waals surface area contributed by atoms with E-state index in [2.05, 4.69) is 19.2 Å². The Balaban J connectivity index is 4.11. The number of nitrogens with one attached hydrogen (secondary N) is 1. The summed E-state index contributed by atoms with van der Waals surface area (Å²) in [4.78, 5) is 11.8. The quantitative estimate of drug-likeness (QED) is 0.691. The van der Waals surface area contributed by atoms with Crippen LogP contribution in [0, 0.1) is 5.92 Å². The summed E-state index contributed by atoms with van der Waals surface area (Å²) in [6, 6.07) is 0. The first kappa shape index (κ1) is 14.4. The van der Waals surface area contributed by atoms with E-state index in [-0.39, 0.29) is 12.1 Å². The number of rotatable bonds is 6. The number of esters is 1. The Hall–Kier alpha value is -0.570. The summed E-state index contributed by atoms with van der Waals surface area (Å²) in [5.41, 5.74) is -0.583. The molecule has 0 aromatic heterocycles. The maximum atomic E-state index is 11.8. The molecule has 0 radical (unpaired) electrons. The number of carbonyl (C=O) groups is 1. The standard InChI is InChI=1S/C12H25NO2/c1-7-13-12(5,6)11(14)15-10(4)8-9(2)3/h9-10,13H,7-8H2,1-6H3. The van der Waals surface area contributed by atoms with Gasteiger partial charge in [-0.1, -0.05) is 20.8 Å². The minimum Gasteiger partial charge on any atom is -0.461 e. The molecule has 0 aliphatic carbocycles. The lowest BCUT2D eigenvalue weighted by molar-refractivity contribution is -0.155. The smallest absolute Gasteiger partial charge is 0.326 e. The highest BCUT2D eigenvalue weighted by Crippen LogP contribution is 2.12. The molecule has 0 saturated carbocycles. The van der Waals surface area contributed by atoms with Crippen molar-refractivity contribution < 1.29 is 9.53 Å². The first-order valence-corrected chi connectivity index (χ1v) is 5.75. The van der Waals surface area contributed by atoms with E-state index in [1.165, 1.54) is 0 Å². The van der Waals surface area contributed by atoms with E-state index >= 15 is 0 Å². The zero-order valence-corrected chi connectivity index (χ0v) is 10.9. The lowest BCUT2D eigenvalue weighted by Crippen LogP contribution is -2.48. The minimum atomic E-state index is -0.583. The Morgan fingerprint density at radius 1 is 1.33 bits per heavy atom. The number of hydrogen-bond donors (Lipinski definition) is 1. The van der Waals surface area contributed by atoms with Crippen molar-refractivity contribution in [1.82, 2.24) is 5.32 Å². The Bertz CT molecular complexity index is 200. The van der Waals surface area contributed by atoms with Crippen LogP contribution >= 0.6 is 0 Å². The van der Waals surface area contributed by atoms with Gasteiger partial charge in [-0.2, -0.15) is 0 Å². The molecule has 1 unspecified atom stereocenters. The van der Waals surface area contributed by atoms with Gasteiger partial charge in [0.1, 0.15) is 5.54 Å². The van der Waals surface area contributed by atoms with Crippen LogP contribution in [-0.2, 0) is 9.53 Å². The van der Waals surface area contributed by atoms with E-state index in [4.69, 9.17) is 4.74 Å². The van der Waals surface area contributed by atoms with Crippen LogP contribution in [0.4, 0.5) is 0 Å². The van der Waals surface area contributed by atoms with Crippen LogP contribution in [0.15, 0.2) is 0 Å². The van der Waals surface area contributed by atoms with Gasteiger partial charge in [-0.05, 0) is 39.7 Å². The molecular weight excluding hydrogens is 190 g/mol. The zero-order valence-electron chi connectivity index (χ0n) is 10.9. The van der Waals surface area contributed by atoms with Crippen molar-refractivity contribution in [2.75, 3.05) is 6.54 Å². The van der Waals surface area contributed by atoms with Crippen molar-refractivity contribution in [2.24, 2.45) is 5.92 Å². The van der Waals surface area contributed by atoms with Gasteiger partial charge in [-0.3, -0.25) is 4.79 Å². The molecule has 0 spiro atoms. The third kappa shape index (κ3) is 5.78. The molecule has 0 aliphatic heterocycles. The highest BCUT2D eigenvalue weighted by molar-refractivity contribution is 5.79. The number of carbonyl (C=O) groups excluding carboxylic acids is 1. The summed E-state index contributed by atoms with van der Waals surface area (Å²) in [5.74, 6) is 0.382. The highest BCUT2D eigenvalue weighted by Gasteiger charge is 2.29. The van der Waals surface area contributed by atoms with Crippen LogP contribution in [0.1, 0.15) is 48.0 Å². The Morgan fingerprint density at radius 2 is 1.87 bits per heavy atom. The van der Waals surface area contributed by atoms with E-state index in [1.807, 2.05) is 27.7 Å². The molecule has 0 aromatic rings. The largest absolute Gasteiger partial charge is 0.461 e. The molecule has 0 heterocycles. The molecule has 0 amide bonds. The Labute approximate surface area is 93.6 Å². The fourth-order valence-corrected chi connectivity index (χ4v) is 1.56. The molecule has 0 saturated heterocycles. The Kier molecular flexibility index (Phi) is 5.88. The van der Waals surface area contributed by atoms with Crippen molar-refractivity contribution in [3.8, 4) is 0 Å². The van der Waals surface area contributed by atoms with Crippen LogP contribution in [0.25, 0.3) is 0 Å². The van der Waals surface area contributed by atoms with Gasteiger partial charge >= 0.3 is 5.97 Å². The van der Waals surface area contributed by atoms with E-state index in [0.29, 0.717) is 5.92 Å². The predicted octanol–water partition coefficient (Wildman–Crippen LogP) is 2.35. The Morgan fingerprint density at radius 3 is 2.27 bits per heavy atom. The molecule has 0 bridgehead atoms. The second kappa shape index (κ2) is 6.11. The van der Waals surface area contributed by atoms with Gasteiger partial charge in [0.05, 0.1) is 6.10 Å². The molecule has 1 N–H and O–H groups in total. The first-order valence-electron chi connectivity index (χ1n) is 5.75. The van der Waals surface area contributed by atoms with Crippen molar-refractivity contribution in [3.05, 3.63) is 0 Å². The lowest BCUT2D eigenvalue weighted by Gasteiger charge is -2.26. The third-order valence-corrected chi connectivity index (χ3v) is 2.24. The summed E-state index contributed by atoms with van der Waals surface area (Å²) >= 11 is 0. The van der Waals surface area contributed by atoms with Crippen LogP contribution in [0.2, 0.25) is 0 Å².